The second-order valence-electron chi connectivity index (χ2n) is 8.37. The average Bonchev–Trinajstić information content (AvgIpc) is 2.77. The lowest BCUT2D eigenvalue weighted by molar-refractivity contribution is -0.180. The fraction of sp³-hybridized carbons (Fsp3) is 0.800. The highest BCUT2D eigenvalue weighted by Crippen LogP contribution is 2.70. The maximum Gasteiger partial charge on any atom is 0.498 e. The predicted molar refractivity (Wildman–Crippen MR) is 77.9 cm³/mol. The fourth-order valence-electron chi connectivity index (χ4n) is 4.17. The van der Waals surface area contributed by atoms with Gasteiger partial charge < -0.3 is 9.31 Å². The number of hydrogen-bond donors (Lipinski definition) is 0. The lowest BCUT2D eigenvalue weighted by Gasteiger charge is -2.69. The maximum absolute atomic E-state index is 6.08. The van der Waals surface area contributed by atoms with E-state index in [1.807, 2.05) is 6.20 Å². The maximum atomic E-state index is 6.08. The van der Waals surface area contributed by atoms with Crippen LogP contribution in [0.3, 0.4) is 0 Å². The van der Waals surface area contributed by atoms with Crippen LogP contribution in [0.4, 0.5) is 0 Å². The lowest BCUT2D eigenvalue weighted by atomic mass is 9.40. The Labute approximate surface area is 121 Å². The third-order valence-electron chi connectivity index (χ3n) is 5.88. The van der Waals surface area contributed by atoms with Crippen molar-refractivity contribution in [3.05, 3.63) is 12.4 Å². The van der Waals surface area contributed by atoms with Gasteiger partial charge in [0.15, 0.2) is 0 Å². The van der Waals surface area contributed by atoms with Gasteiger partial charge in [-0.3, -0.25) is 4.68 Å². The molecule has 1 saturated heterocycles. The van der Waals surface area contributed by atoms with Crippen LogP contribution in [-0.2, 0) is 14.8 Å². The van der Waals surface area contributed by atoms with Crippen molar-refractivity contribution in [1.82, 2.24) is 9.78 Å². The van der Waals surface area contributed by atoms with Gasteiger partial charge in [-0.05, 0) is 52.4 Å². The number of aromatic nitrogens is 2. The van der Waals surface area contributed by atoms with Crippen LogP contribution >= 0.6 is 0 Å². The van der Waals surface area contributed by atoms with Crippen molar-refractivity contribution in [2.24, 2.45) is 5.41 Å². The number of rotatable bonds is 2. The van der Waals surface area contributed by atoms with Gasteiger partial charge in [0.05, 0.1) is 16.7 Å². The van der Waals surface area contributed by atoms with Crippen molar-refractivity contribution >= 4 is 12.6 Å². The molecule has 0 atom stereocenters. The van der Waals surface area contributed by atoms with E-state index < -0.39 is 0 Å². The first kappa shape index (κ1) is 12.9. The van der Waals surface area contributed by atoms with Crippen molar-refractivity contribution in [3.63, 3.8) is 0 Å². The summed E-state index contributed by atoms with van der Waals surface area (Å²) in [6, 6.07) is 0. The van der Waals surface area contributed by atoms with Gasteiger partial charge in [0.2, 0.25) is 0 Å². The van der Waals surface area contributed by atoms with E-state index in [-0.39, 0.29) is 18.3 Å². The minimum absolute atomic E-state index is 0.288. The van der Waals surface area contributed by atoms with Gasteiger partial charge in [-0.15, -0.1) is 0 Å². The van der Waals surface area contributed by atoms with Crippen molar-refractivity contribution in [2.75, 3.05) is 0 Å². The van der Waals surface area contributed by atoms with E-state index in [4.69, 9.17) is 9.31 Å². The minimum Gasteiger partial charge on any atom is -0.399 e. The van der Waals surface area contributed by atoms with Crippen LogP contribution < -0.4 is 5.46 Å². The predicted octanol–water partition coefficient (Wildman–Crippen LogP) is 2.08. The summed E-state index contributed by atoms with van der Waals surface area (Å²) in [7, 11) is -0.295. The van der Waals surface area contributed by atoms with Gasteiger partial charge in [0.25, 0.3) is 0 Å². The Bertz CT molecular complexity index is 542. The van der Waals surface area contributed by atoms with E-state index in [1.165, 1.54) is 19.3 Å². The van der Waals surface area contributed by atoms with Gasteiger partial charge in [0.1, 0.15) is 0 Å². The average molecular weight is 274 g/mol. The Morgan fingerprint density at radius 3 is 2.10 bits per heavy atom. The molecule has 0 amide bonds. The Morgan fingerprint density at radius 2 is 1.60 bits per heavy atom. The van der Waals surface area contributed by atoms with E-state index in [0.29, 0.717) is 11.0 Å². The molecule has 5 heteroatoms. The third kappa shape index (κ3) is 1.48. The molecule has 1 aromatic heterocycles. The molecule has 4 fully saturated rings. The van der Waals surface area contributed by atoms with Crippen LogP contribution in [0.5, 0.6) is 0 Å². The molecule has 4 aliphatic rings. The quantitative estimate of drug-likeness (QED) is 0.775. The highest BCUT2D eigenvalue weighted by Gasteiger charge is 2.66. The molecule has 1 aliphatic heterocycles. The standard InChI is InChI=1S/C15H23BN2O2/c1-12(2)13(3,4)20-16(19-12)11-6-17-18(7-11)15-8-14(5,9-15)10-15/h6-7H,8-10H2,1-5H3. The van der Waals surface area contributed by atoms with E-state index >= 15 is 0 Å². The molecule has 1 aromatic rings. The molecular formula is C15H23BN2O2. The molecular weight excluding hydrogens is 251 g/mol. The van der Waals surface area contributed by atoms with Crippen molar-refractivity contribution < 1.29 is 9.31 Å². The zero-order valence-electron chi connectivity index (χ0n) is 13.1. The van der Waals surface area contributed by atoms with Crippen molar-refractivity contribution in [1.29, 1.82) is 0 Å². The second kappa shape index (κ2) is 3.33. The van der Waals surface area contributed by atoms with Crippen LogP contribution in [-0.4, -0.2) is 28.1 Å². The smallest absolute Gasteiger partial charge is 0.399 e. The molecule has 0 N–H and O–H groups in total. The lowest BCUT2D eigenvalue weighted by Crippen LogP contribution is -2.66. The van der Waals surface area contributed by atoms with E-state index in [2.05, 4.69) is 50.6 Å². The molecule has 0 radical (unpaired) electrons. The summed E-state index contributed by atoms with van der Waals surface area (Å²) in [4.78, 5) is 0. The van der Waals surface area contributed by atoms with Crippen LogP contribution in [0.2, 0.25) is 0 Å². The van der Waals surface area contributed by atoms with Gasteiger partial charge >= 0.3 is 7.12 Å². The SMILES string of the molecule is CC12CC(n3cc(B4OC(C)(C)C(C)(C)O4)cn3)(C1)C2. The first-order valence-corrected chi connectivity index (χ1v) is 7.56. The van der Waals surface area contributed by atoms with Gasteiger partial charge in [-0.2, -0.15) is 5.10 Å². The van der Waals surface area contributed by atoms with E-state index in [1.54, 1.807) is 0 Å². The molecule has 20 heavy (non-hydrogen) atoms. The van der Waals surface area contributed by atoms with Crippen molar-refractivity contribution in [3.8, 4) is 0 Å². The molecule has 0 spiro atoms. The third-order valence-corrected chi connectivity index (χ3v) is 5.88. The molecule has 2 bridgehead atoms. The first-order valence-electron chi connectivity index (χ1n) is 7.56. The highest BCUT2D eigenvalue weighted by molar-refractivity contribution is 6.62. The van der Waals surface area contributed by atoms with Gasteiger partial charge in [0, 0.05) is 17.9 Å². The fourth-order valence-corrected chi connectivity index (χ4v) is 4.17. The zero-order chi connectivity index (χ0) is 14.4. The molecule has 3 saturated carbocycles. The Hall–Kier alpha value is -0.805. The van der Waals surface area contributed by atoms with Gasteiger partial charge in [-0.25, -0.2) is 0 Å². The second-order valence-corrected chi connectivity index (χ2v) is 8.37. The summed E-state index contributed by atoms with van der Waals surface area (Å²) in [5, 5.41) is 4.58. The molecule has 3 aliphatic carbocycles. The zero-order valence-corrected chi connectivity index (χ0v) is 13.1. The van der Waals surface area contributed by atoms with Crippen LogP contribution in [0.15, 0.2) is 12.4 Å². The molecule has 5 rings (SSSR count). The summed E-state index contributed by atoms with van der Waals surface area (Å²) in [6.45, 7) is 10.7. The summed E-state index contributed by atoms with van der Waals surface area (Å²) in [6.07, 6.45) is 7.84. The molecule has 0 aromatic carbocycles. The molecule has 2 heterocycles. The Morgan fingerprint density at radius 1 is 1.05 bits per heavy atom. The largest absolute Gasteiger partial charge is 0.498 e. The number of nitrogens with zero attached hydrogens (tertiary/aromatic N) is 2. The minimum atomic E-state index is -0.295. The van der Waals surface area contributed by atoms with Gasteiger partial charge in [-0.1, -0.05) is 6.92 Å². The monoisotopic (exact) mass is 274 g/mol. The topological polar surface area (TPSA) is 36.3 Å². The van der Waals surface area contributed by atoms with Crippen LogP contribution in [0, 0.1) is 5.41 Å². The van der Waals surface area contributed by atoms with Crippen LogP contribution in [0.25, 0.3) is 0 Å². The summed E-state index contributed by atoms with van der Waals surface area (Å²) < 4.78 is 14.3. The molecule has 108 valence electrons. The highest BCUT2D eigenvalue weighted by atomic mass is 16.7. The Balaban J connectivity index is 1.55. The first-order chi connectivity index (χ1) is 9.15. The van der Waals surface area contributed by atoms with Crippen LogP contribution in [0.1, 0.15) is 53.9 Å². The summed E-state index contributed by atoms with van der Waals surface area (Å²) in [5.74, 6) is 0. The number of hydrogen-bond acceptors (Lipinski definition) is 3. The summed E-state index contributed by atoms with van der Waals surface area (Å²) >= 11 is 0. The van der Waals surface area contributed by atoms with E-state index in [0.717, 1.165) is 5.46 Å². The molecule has 0 unspecified atom stereocenters. The normalized spacial score (nSPS) is 40.4. The van der Waals surface area contributed by atoms with Crippen molar-refractivity contribution in [2.45, 2.75) is 70.6 Å². The molecule has 4 nitrogen and oxygen atoms in total. The Kier molecular flexibility index (Phi) is 2.15. The van der Waals surface area contributed by atoms with E-state index in [9.17, 15) is 0 Å². The summed E-state index contributed by atoms with van der Waals surface area (Å²) in [5.41, 5.74) is 1.36.